The summed E-state index contributed by atoms with van der Waals surface area (Å²) in [6, 6.07) is 0. The van der Waals surface area contributed by atoms with E-state index in [4.69, 9.17) is 15.2 Å². The van der Waals surface area contributed by atoms with Crippen LogP contribution in [0.25, 0.3) is 11.2 Å². The van der Waals surface area contributed by atoms with Crippen LogP contribution in [0, 0.1) is 0 Å². The first kappa shape index (κ1) is 21.5. The molecule has 30 heavy (non-hydrogen) atoms. The maximum atomic E-state index is 12.8. The van der Waals surface area contributed by atoms with Gasteiger partial charge < -0.3 is 20.3 Å². The topological polar surface area (TPSA) is 177 Å². The first-order valence-corrected chi connectivity index (χ1v) is 9.00. The van der Waals surface area contributed by atoms with Gasteiger partial charge in [0.1, 0.15) is 18.1 Å². The van der Waals surface area contributed by atoms with E-state index >= 15 is 0 Å². The quantitative estimate of drug-likeness (QED) is 0.455. The highest BCUT2D eigenvalue weighted by molar-refractivity contribution is 6.16. The molecule has 0 aliphatic carbocycles. The zero-order chi connectivity index (χ0) is 22.4. The first-order chi connectivity index (χ1) is 14.0. The molecule has 2 aromatic rings. The van der Waals surface area contributed by atoms with Crippen molar-refractivity contribution in [3.63, 3.8) is 0 Å². The Bertz CT molecular complexity index is 1050. The predicted molar refractivity (Wildman–Crippen MR) is 99.8 cm³/mol. The van der Waals surface area contributed by atoms with Gasteiger partial charge in [0.25, 0.3) is 5.60 Å². The van der Waals surface area contributed by atoms with Crippen LogP contribution in [0.2, 0.25) is 0 Å². The van der Waals surface area contributed by atoms with E-state index in [0.717, 1.165) is 27.7 Å². The van der Waals surface area contributed by atoms with Crippen LogP contribution in [0.15, 0.2) is 12.7 Å². The number of hydrogen-bond acceptors (Lipinski definition) is 11. The van der Waals surface area contributed by atoms with Crippen molar-refractivity contribution >= 4 is 40.3 Å². The number of aromatic nitrogens is 4. The number of carbonyl (C=O) groups excluding carboxylic acids is 4. The number of hydrogen-bond donors (Lipinski definition) is 2. The van der Waals surface area contributed by atoms with Crippen LogP contribution in [0.5, 0.6) is 0 Å². The summed E-state index contributed by atoms with van der Waals surface area (Å²) in [4.78, 5) is 61.9. The average Bonchev–Trinajstić information content (AvgIpc) is 3.21. The van der Waals surface area contributed by atoms with Crippen LogP contribution in [0.1, 0.15) is 40.3 Å². The first-order valence-electron chi connectivity index (χ1n) is 9.00. The van der Waals surface area contributed by atoms with Gasteiger partial charge in [0.2, 0.25) is 5.60 Å². The summed E-state index contributed by atoms with van der Waals surface area (Å²) < 4.78 is 12.4. The van der Waals surface area contributed by atoms with Gasteiger partial charge in [0, 0.05) is 13.3 Å². The Hall–Kier alpha value is -3.25. The largest absolute Gasteiger partial charge is 0.439 e. The van der Waals surface area contributed by atoms with E-state index in [1.807, 2.05) is 0 Å². The van der Waals surface area contributed by atoms with Crippen molar-refractivity contribution in [2.75, 3.05) is 5.73 Å². The Morgan fingerprint density at radius 1 is 1.20 bits per heavy atom. The van der Waals surface area contributed by atoms with Crippen LogP contribution >= 0.6 is 0 Å². The van der Waals surface area contributed by atoms with Crippen molar-refractivity contribution in [3.8, 4) is 0 Å². The average molecular weight is 419 g/mol. The number of esters is 1. The van der Waals surface area contributed by atoms with E-state index in [0.29, 0.717) is 0 Å². The molecule has 3 N–H and O–H groups in total. The maximum Gasteiger partial charge on any atom is 0.304 e. The smallest absolute Gasteiger partial charge is 0.304 e. The number of carbonyl (C=O) groups is 4. The Balaban J connectivity index is 2.20. The van der Waals surface area contributed by atoms with Gasteiger partial charge in [-0.05, 0) is 20.8 Å². The minimum atomic E-state index is -2.66. The van der Waals surface area contributed by atoms with Crippen molar-refractivity contribution in [2.45, 2.75) is 57.6 Å². The fraction of sp³-hybridized carbons (Fsp3) is 0.500. The molecule has 0 unspecified atom stereocenters. The molecule has 3 atom stereocenters. The molecule has 3 heterocycles. The summed E-state index contributed by atoms with van der Waals surface area (Å²) in [6.07, 6.45) is -0.439. The second-order valence-electron chi connectivity index (χ2n) is 7.09. The number of nitrogen functional groups attached to an aromatic ring is 1. The number of anilines is 1. The Morgan fingerprint density at radius 3 is 2.37 bits per heavy atom. The molecule has 1 saturated heterocycles. The van der Waals surface area contributed by atoms with Gasteiger partial charge in [-0.1, -0.05) is 0 Å². The molecule has 0 saturated carbocycles. The van der Waals surface area contributed by atoms with Gasteiger partial charge in [-0.2, -0.15) is 0 Å². The second kappa shape index (κ2) is 7.22. The van der Waals surface area contributed by atoms with Gasteiger partial charge in [0.15, 0.2) is 28.8 Å². The minimum Gasteiger partial charge on any atom is -0.439 e. The highest BCUT2D eigenvalue weighted by Gasteiger charge is 2.72. The number of rotatable bonds is 6. The lowest BCUT2D eigenvalue weighted by Gasteiger charge is -2.43. The van der Waals surface area contributed by atoms with Gasteiger partial charge in [-0.25, -0.2) is 15.0 Å². The van der Waals surface area contributed by atoms with E-state index in [2.05, 4.69) is 15.0 Å². The number of nitrogens with zero attached hydrogens (tertiary/aromatic N) is 4. The van der Waals surface area contributed by atoms with Crippen molar-refractivity contribution in [1.29, 1.82) is 0 Å². The normalized spacial score (nSPS) is 24.0. The lowest BCUT2D eigenvalue weighted by Crippen LogP contribution is -2.72. The zero-order valence-electron chi connectivity index (χ0n) is 16.8. The molecule has 1 aliphatic rings. The third kappa shape index (κ3) is 2.79. The molecule has 3 rings (SSSR count). The van der Waals surface area contributed by atoms with Crippen molar-refractivity contribution in [3.05, 3.63) is 12.7 Å². The Labute approximate surface area is 170 Å². The molecular weight excluding hydrogens is 398 g/mol. The second-order valence-corrected chi connectivity index (χ2v) is 7.09. The predicted octanol–water partition coefficient (Wildman–Crippen LogP) is -0.504. The highest BCUT2D eigenvalue weighted by Crippen LogP contribution is 2.47. The summed E-state index contributed by atoms with van der Waals surface area (Å²) in [6.45, 7) is 4.00. The number of aliphatic hydroxyl groups excluding tert-OH is 1. The lowest BCUT2D eigenvalue weighted by atomic mass is 9.71. The number of nitrogens with two attached hydrogens (primary N) is 1. The molecule has 0 aromatic carbocycles. The molecule has 0 amide bonds. The minimum absolute atomic E-state index is 0.108. The van der Waals surface area contributed by atoms with Gasteiger partial charge >= 0.3 is 5.97 Å². The summed E-state index contributed by atoms with van der Waals surface area (Å²) in [5.41, 5.74) is 1.17. The van der Waals surface area contributed by atoms with Crippen LogP contribution in [-0.2, 0) is 28.7 Å². The van der Waals surface area contributed by atoms with Crippen LogP contribution < -0.4 is 5.73 Å². The Kier molecular flexibility index (Phi) is 5.16. The number of ether oxygens (including phenoxy) is 2. The van der Waals surface area contributed by atoms with Crippen molar-refractivity contribution < 1.29 is 33.8 Å². The highest BCUT2D eigenvalue weighted by atomic mass is 16.6. The van der Waals surface area contributed by atoms with E-state index < -0.39 is 46.9 Å². The number of fused-ring (bicyclic) bond motifs is 1. The maximum absolute atomic E-state index is 12.8. The molecule has 2 aromatic heterocycles. The fourth-order valence-corrected chi connectivity index (χ4v) is 4.04. The van der Waals surface area contributed by atoms with Gasteiger partial charge in [0.05, 0.1) is 12.4 Å². The van der Waals surface area contributed by atoms with Gasteiger partial charge in [-0.3, -0.25) is 23.7 Å². The van der Waals surface area contributed by atoms with Crippen molar-refractivity contribution in [1.82, 2.24) is 19.5 Å². The molecule has 0 spiro atoms. The molecule has 12 nitrogen and oxygen atoms in total. The van der Waals surface area contributed by atoms with Crippen LogP contribution in [-0.4, -0.2) is 65.3 Å². The van der Waals surface area contributed by atoms with E-state index in [9.17, 15) is 24.3 Å². The standard InChI is InChI=1S/C18H21N5O7/c1-8(24)17(9(2)25,29-11(4)27)18(10(3)26)12(28)5-13(30-18)23-7-22-14-15(19)20-6-21-16(14)23/h6-7,12-13,28H,5H2,1-4H3,(H2,19,20,21)/t12-,13+,18-/m0/s1. The van der Waals surface area contributed by atoms with Crippen LogP contribution in [0.4, 0.5) is 5.82 Å². The summed E-state index contributed by atoms with van der Waals surface area (Å²) >= 11 is 0. The van der Waals surface area contributed by atoms with Gasteiger partial charge in [-0.15, -0.1) is 0 Å². The monoisotopic (exact) mass is 419 g/mol. The third-order valence-electron chi connectivity index (χ3n) is 5.25. The van der Waals surface area contributed by atoms with Crippen molar-refractivity contribution in [2.24, 2.45) is 0 Å². The molecule has 0 bridgehead atoms. The SMILES string of the molecule is CC(=O)OC(C(C)=O)(C(C)=O)[C@@]1(C(C)=O)O[C@@H](n2cnc3c(N)ncnc32)C[C@@H]1O. The lowest BCUT2D eigenvalue weighted by molar-refractivity contribution is -0.220. The third-order valence-corrected chi connectivity index (χ3v) is 5.25. The number of Topliss-reactive ketones (excluding diaryl/α,β-unsaturated/α-hetero) is 3. The molecule has 1 aliphatic heterocycles. The molecular formula is C18H21N5O7. The molecule has 160 valence electrons. The number of aliphatic hydroxyl groups is 1. The molecule has 12 heteroatoms. The summed E-state index contributed by atoms with van der Waals surface area (Å²) in [7, 11) is 0. The summed E-state index contributed by atoms with van der Waals surface area (Å²) in [5, 5.41) is 10.9. The number of ketones is 3. The Morgan fingerprint density at radius 2 is 1.83 bits per heavy atom. The summed E-state index contributed by atoms with van der Waals surface area (Å²) in [5.74, 6) is -3.65. The fourth-order valence-electron chi connectivity index (χ4n) is 4.04. The van der Waals surface area contributed by atoms with Crippen LogP contribution in [0.3, 0.4) is 0 Å². The van der Waals surface area contributed by atoms with E-state index in [-0.39, 0.29) is 23.4 Å². The number of imidazole rings is 1. The van der Waals surface area contributed by atoms with E-state index in [1.54, 1.807) is 0 Å². The molecule has 0 radical (unpaired) electrons. The van der Waals surface area contributed by atoms with E-state index in [1.165, 1.54) is 17.2 Å². The zero-order valence-corrected chi connectivity index (χ0v) is 16.8. The molecule has 1 fully saturated rings.